The van der Waals surface area contributed by atoms with Crippen LogP contribution in [0.15, 0.2) is 53.9 Å². The van der Waals surface area contributed by atoms with E-state index in [-0.39, 0.29) is 24.4 Å². The van der Waals surface area contributed by atoms with Crippen molar-refractivity contribution in [1.29, 1.82) is 0 Å². The average Bonchev–Trinajstić information content (AvgIpc) is 3.40. The van der Waals surface area contributed by atoms with Crippen molar-refractivity contribution in [3.63, 3.8) is 0 Å². The Morgan fingerprint density at radius 3 is 2.28 bits per heavy atom. The van der Waals surface area contributed by atoms with Gasteiger partial charge in [-0.05, 0) is 79.1 Å². The Morgan fingerprint density at radius 2 is 1.67 bits per heavy atom. The van der Waals surface area contributed by atoms with Gasteiger partial charge >= 0.3 is 0 Å². The summed E-state index contributed by atoms with van der Waals surface area (Å²) >= 11 is 1.58. The van der Waals surface area contributed by atoms with Gasteiger partial charge in [-0.15, -0.1) is 11.3 Å². The molecule has 0 spiro atoms. The minimum absolute atomic E-state index is 0.0145. The molecule has 39 heavy (non-hydrogen) atoms. The van der Waals surface area contributed by atoms with Crippen LogP contribution in [0.1, 0.15) is 63.4 Å². The molecule has 2 aromatic carbocycles. The first kappa shape index (κ1) is 30.4. The fourth-order valence-electron chi connectivity index (χ4n) is 4.49. The lowest BCUT2D eigenvalue weighted by atomic mass is 9.99. The highest BCUT2D eigenvalue weighted by atomic mass is 32.1. The molecule has 3 rings (SSSR count). The zero-order valence-electron chi connectivity index (χ0n) is 22.7. The van der Waals surface area contributed by atoms with E-state index < -0.39 is 29.7 Å². The van der Waals surface area contributed by atoms with Gasteiger partial charge in [-0.2, -0.15) is 0 Å². The molecule has 0 bridgehead atoms. The number of hydrogen-bond donors (Lipinski definition) is 3. The maximum Gasteiger partial charge on any atom is 0.253 e. The fourth-order valence-corrected chi connectivity index (χ4v) is 5.17. The molecule has 2 atom stereocenters. The molecule has 3 N–H and O–H groups in total. The van der Waals surface area contributed by atoms with E-state index in [1.807, 2.05) is 38.3 Å². The largest absolute Gasteiger partial charge is 0.390 e. The molecule has 0 saturated heterocycles. The van der Waals surface area contributed by atoms with Gasteiger partial charge in [0.15, 0.2) is 0 Å². The second kappa shape index (κ2) is 14.9. The second-order valence-electron chi connectivity index (χ2n) is 9.72. The Labute approximate surface area is 233 Å². The number of thiophene rings is 1. The van der Waals surface area contributed by atoms with Gasteiger partial charge < -0.3 is 20.6 Å². The Kier molecular flexibility index (Phi) is 11.6. The maximum atomic E-state index is 13.9. The molecule has 3 aromatic rings. The quantitative estimate of drug-likeness (QED) is 0.258. The van der Waals surface area contributed by atoms with Crippen LogP contribution in [0, 0.1) is 18.6 Å². The summed E-state index contributed by atoms with van der Waals surface area (Å²) in [6, 6.07) is 11.2. The van der Waals surface area contributed by atoms with Crippen molar-refractivity contribution in [3.05, 3.63) is 92.7 Å². The van der Waals surface area contributed by atoms with Gasteiger partial charge in [0.1, 0.15) is 11.6 Å². The summed E-state index contributed by atoms with van der Waals surface area (Å²) in [5.41, 5.74) is 1.76. The molecule has 210 valence electrons. The third-order valence-corrected chi connectivity index (χ3v) is 7.13. The summed E-state index contributed by atoms with van der Waals surface area (Å²) < 4.78 is 27.7. The highest BCUT2D eigenvalue weighted by molar-refractivity contribution is 7.09. The molecule has 1 heterocycles. The van der Waals surface area contributed by atoms with Crippen molar-refractivity contribution in [1.82, 2.24) is 15.5 Å². The monoisotopic (exact) mass is 557 g/mol. The van der Waals surface area contributed by atoms with E-state index in [4.69, 9.17) is 0 Å². The molecular formula is C30H37F2N3O3S. The lowest BCUT2D eigenvalue weighted by Crippen LogP contribution is -2.48. The van der Waals surface area contributed by atoms with Gasteiger partial charge in [0.25, 0.3) is 11.8 Å². The van der Waals surface area contributed by atoms with E-state index in [1.165, 1.54) is 12.1 Å². The van der Waals surface area contributed by atoms with E-state index in [1.54, 1.807) is 34.4 Å². The van der Waals surface area contributed by atoms with Crippen molar-refractivity contribution in [3.8, 4) is 0 Å². The number of aliphatic hydroxyl groups is 1. The number of nitrogens with zero attached hydrogens (tertiary/aromatic N) is 1. The molecule has 1 aromatic heterocycles. The van der Waals surface area contributed by atoms with Crippen LogP contribution in [-0.4, -0.2) is 53.6 Å². The zero-order chi connectivity index (χ0) is 28.4. The van der Waals surface area contributed by atoms with E-state index in [2.05, 4.69) is 10.6 Å². The molecule has 6 nitrogen and oxygen atoms in total. The maximum absolute atomic E-state index is 13.9. The van der Waals surface area contributed by atoms with Crippen LogP contribution in [0.2, 0.25) is 0 Å². The smallest absolute Gasteiger partial charge is 0.253 e. The summed E-state index contributed by atoms with van der Waals surface area (Å²) in [7, 11) is 0. The predicted molar refractivity (Wildman–Crippen MR) is 151 cm³/mol. The van der Waals surface area contributed by atoms with Gasteiger partial charge in [-0.3, -0.25) is 9.59 Å². The highest BCUT2D eigenvalue weighted by Crippen LogP contribution is 2.16. The first-order chi connectivity index (χ1) is 18.7. The van der Waals surface area contributed by atoms with E-state index in [9.17, 15) is 23.5 Å². The number of aryl methyl sites for hydroxylation is 1. The fraction of sp³-hybridized carbons (Fsp3) is 0.400. The zero-order valence-corrected chi connectivity index (χ0v) is 23.5. The molecule has 9 heteroatoms. The molecule has 0 fully saturated rings. The highest BCUT2D eigenvalue weighted by Gasteiger charge is 2.24. The molecule has 0 saturated carbocycles. The van der Waals surface area contributed by atoms with Crippen molar-refractivity contribution >= 4 is 23.2 Å². The van der Waals surface area contributed by atoms with Crippen LogP contribution < -0.4 is 10.6 Å². The summed E-state index contributed by atoms with van der Waals surface area (Å²) in [6.07, 6.45) is 0.619. The number of carbonyl (C=O) groups excluding carboxylic acids is 2. The number of rotatable bonds is 14. The molecule has 0 aliphatic heterocycles. The van der Waals surface area contributed by atoms with Gasteiger partial charge in [-0.1, -0.05) is 19.9 Å². The second-order valence-corrected chi connectivity index (χ2v) is 10.8. The topological polar surface area (TPSA) is 81.7 Å². The molecule has 0 aliphatic carbocycles. The summed E-state index contributed by atoms with van der Waals surface area (Å²) in [6.45, 7) is 7.78. The number of hydrogen-bond acceptors (Lipinski definition) is 5. The van der Waals surface area contributed by atoms with Crippen LogP contribution in [0.4, 0.5) is 8.78 Å². The Hall–Kier alpha value is -3.14. The van der Waals surface area contributed by atoms with Crippen LogP contribution in [-0.2, 0) is 13.0 Å². The first-order valence-electron chi connectivity index (χ1n) is 13.3. The number of benzene rings is 2. The number of amides is 2. The predicted octanol–water partition coefficient (Wildman–Crippen LogP) is 5.09. The van der Waals surface area contributed by atoms with Crippen LogP contribution in [0.5, 0.6) is 0 Å². The van der Waals surface area contributed by atoms with E-state index in [0.29, 0.717) is 30.8 Å². The molecular weight excluding hydrogens is 520 g/mol. The Balaban J connectivity index is 1.80. The lowest BCUT2D eigenvalue weighted by molar-refractivity contribution is 0.0755. The van der Waals surface area contributed by atoms with E-state index in [0.717, 1.165) is 29.3 Å². The molecule has 0 aliphatic rings. The number of aliphatic hydroxyl groups excluding tert-OH is 1. The van der Waals surface area contributed by atoms with Crippen molar-refractivity contribution in [2.45, 2.75) is 58.7 Å². The summed E-state index contributed by atoms with van der Waals surface area (Å²) in [5, 5.41) is 19.0. The standard InChI is InChI=1S/C30H37F2N3O3S/c1-4-8-35(9-5-2)30(38)23-12-20(3)11-22(16-23)29(37)34-27(15-21-13-24(31)17-25(32)14-21)28(36)19-33-18-26-7-6-10-39-26/h6-7,10-14,16-17,27-28,33,36H,4-5,8-9,15,18-19H2,1-3H3,(H,34,37)/t27-,28+/m0/s1. The summed E-state index contributed by atoms with van der Waals surface area (Å²) in [5.74, 6) is -2.08. The van der Waals surface area contributed by atoms with Gasteiger partial charge in [-0.25, -0.2) is 8.78 Å². The Morgan fingerprint density at radius 1 is 1.00 bits per heavy atom. The lowest BCUT2D eigenvalue weighted by Gasteiger charge is -2.25. The van der Waals surface area contributed by atoms with Crippen molar-refractivity contribution < 1.29 is 23.5 Å². The minimum atomic E-state index is -1.05. The first-order valence-corrected chi connectivity index (χ1v) is 14.2. The molecule has 0 radical (unpaired) electrons. The third-order valence-electron chi connectivity index (χ3n) is 6.25. The van der Waals surface area contributed by atoms with Gasteiger partial charge in [0, 0.05) is 48.2 Å². The number of carbonyl (C=O) groups is 2. The van der Waals surface area contributed by atoms with Crippen LogP contribution in [0.3, 0.4) is 0 Å². The van der Waals surface area contributed by atoms with E-state index >= 15 is 0 Å². The van der Waals surface area contributed by atoms with Gasteiger partial charge in [0.05, 0.1) is 12.1 Å². The minimum Gasteiger partial charge on any atom is -0.390 e. The van der Waals surface area contributed by atoms with Crippen molar-refractivity contribution in [2.75, 3.05) is 19.6 Å². The van der Waals surface area contributed by atoms with Crippen LogP contribution >= 0.6 is 11.3 Å². The molecule has 0 unspecified atom stereocenters. The Bertz CT molecular complexity index is 1210. The van der Waals surface area contributed by atoms with Gasteiger partial charge in [0.2, 0.25) is 0 Å². The summed E-state index contributed by atoms with van der Waals surface area (Å²) in [4.78, 5) is 29.4. The number of nitrogens with one attached hydrogen (secondary N) is 2. The van der Waals surface area contributed by atoms with Crippen molar-refractivity contribution in [2.24, 2.45) is 0 Å². The SMILES string of the molecule is CCCN(CCC)C(=O)c1cc(C)cc(C(=O)N[C@@H](Cc2cc(F)cc(F)c2)[C@H](O)CNCc2cccs2)c1. The number of halogens is 2. The third kappa shape index (κ3) is 9.23. The normalized spacial score (nSPS) is 12.7. The molecule has 2 amide bonds. The van der Waals surface area contributed by atoms with Crippen LogP contribution in [0.25, 0.3) is 0 Å². The average molecular weight is 558 g/mol.